The summed E-state index contributed by atoms with van der Waals surface area (Å²) in [5, 5.41) is 2.80. The summed E-state index contributed by atoms with van der Waals surface area (Å²) in [6.45, 7) is -0.451. The minimum Gasteiger partial charge on any atom is -0.481 e. The molecule has 2 rings (SSSR count). The van der Waals surface area contributed by atoms with Gasteiger partial charge in [-0.1, -0.05) is 0 Å². The van der Waals surface area contributed by atoms with E-state index in [1.807, 2.05) is 0 Å². The molecule has 21 heavy (non-hydrogen) atoms. The van der Waals surface area contributed by atoms with Gasteiger partial charge in [0.25, 0.3) is 0 Å². The van der Waals surface area contributed by atoms with E-state index in [1.165, 1.54) is 12.3 Å². The molecule has 1 heterocycles. The smallest absolute Gasteiger partial charge is 0.207 e. The van der Waals surface area contributed by atoms with Crippen molar-refractivity contribution < 1.29 is 26.7 Å². The number of hydrogen-bond donors (Lipinski definition) is 1. The summed E-state index contributed by atoms with van der Waals surface area (Å²) in [5.41, 5.74) is 0.909. The molecular formula is C13H9F5N2O. The van der Waals surface area contributed by atoms with Crippen LogP contribution >= 0.6 is 0 Å². The Morgan fingerprint density at radius 3 is 2.14 bits per heavy atom. The van der Waals surface area contributed by atoms with Gasteiger partial charge >= 0.3 is 0 Å². The lowest BCUT2D eigenvalue weighted by Crippen LogP contribution is -2.08. The first kappa shape index (κ1) is 15.0. The molecule has 0 bridgehead atoms. The van der Waals surface area contributed by atoms with Crippen molar-refractivity contribution >= 4 is 5.69 Å². The molecule has 0 unspecified atom stereocenters. The lowest BCUT2D eigenvalue weighted by atomic mass is 10.2. The summed E-state index contributed by atoms with van der Waals surface area (Å²) in [6.07, 6.45) is 1.41. The third-order valence-electron chi connectivity index (χ3n) is 2.64. The van der Waals surface area contributed by atoms with Crippen molar-refractivity contribution in [2.24, 2.45) is 0 Å². The van der Waals surface area contributed by atoms with Gasteiger partial charge in [0.1, 0.15) is 6.61 Å². The second-order valence-corrected chi connectivity index (χ2v) is 3.97. The van der Waals surface area contributed by atoms with Crippen molar-refractivity contribution in [3.8, 4) is 5.75 Å². The monoisotopic (exact) mass is 304 g/mol. The summed E-state index contributed by atoms with van der Waals surface area (Å²) < 4.78 is 70.2. The Morgan fingerprint density at radius 2 is 1.57 bits per heavy atom. The number of ether oxygens (including phenoxy) is 1. The molecular weight excluding hydrogens is 295 g/mol. The molecule has 0 aliphatic carbocycles. The van der Waals surface area contributed by atoms with E-state index in [2.05, 4.69) is 15.0 Å². The number of nitrogens with zero attached hydrogens (tertiary/aromatic N) is 1. The van der Waals surface area contributed by atoms with Crippen LogP contribution in [0.5, 0.6) is 5.75 Å². The second-order valence-electron chi connectivity index (χ2n) is 3.97. The Balaban J connectivity index is 2.28. The van der Waals surface area contributed by atoms with Crippen LogP contribution < -0.4 is 10.1 Å². The Kier molecular flexibility index (Phi) is 4.25. The van der Waals surface area contributed by atoms with Gasteiger partial charge in [0.2, 0.25) is 29.1 Å². The number of pyridine rings is 1. The Hall–Kier alpha value is -2.38. The summed E-state index contributed by atoms with van der Waals surface area (Å²) in [4.78, 5) is 3.85. The van der Waals surface area contributed by atoms with Gasteiger partial charge in [-0.15, -0.1) is 0 Å². The lowest BCUT2D eigenvalue weighted by Gasteiger charge is -2.10. The molecule has 0 saturated carbocycles. The van der Waals surface area contributed by atoms with Crippen LogP contribution in [0.1, 0.15) is 5.69 Å². The molecule has 8 heteroatoms. The van der Waals surface area contributed by atoms with Crippen molar-refractivity contribution in [1.29, 1.82) is 0 Å². The van der Waals surface area contributed by atoms with E-state index in [4.69, 9.17) is 0 Å². The summed E-state index contributed by atoms with van der Waals surface area (Å²) in [7, 11) is 1.64. The average molecular weight is 304 g/mol. The number of anilines is 1. The Bertz CT molecular complexity index is 649. The van der Waals surface area contributed by atoms with Crippen LogP contribution in [0, 0.1) is 29.1 Å². The highest BCUT2D eigenvalue weighted by Gasteiger charge is 2.27. The maximum absolute atomic E-state index is 13.4. The number of halogens is 5. The molecule has 2 aromatic rings. The van der Waals surface area contributed by atoms with E-state index >= 15 is 0 Å². The highest BCUT2D eigenvalue weighted by atomic mass is 19.2. The molecule has 0 atom stereocenters. The van der Waals surface area contributed by atoms with Crippen LogP contribution in [0.3, 0.4) is 0 Å². The standard InChI is InChI=1S/C13H9F5N2O/c1-19-6-2-3-20-7(4-6)5-21-13-11(17)9(15)8(14)10(16)12(13)18/h2-4H,5H2,1H3,(H,19,20). The van der Waals surface area contributed by atoms with Crippen molar-refractivity contribution in [2.45, 2.75) is 6.61 Å². The molecule has 0 radical (unpaired) electrons. The second kappa shape index (κ2) is 5.94. The molecule has 0 spiro atoms. The van der Waals surface area contributed by atoms with E-state index in [9.17, 15) is 22.0 Å². The molecule has 1 aromatic carbocycles. The van der Waals surface area contributed by atoms with Crippen LogP contribution in [0.4, 0.5) is 27.6 Å². The van der Waals surface area contributed by atoms with Crippen LogP contribution in [0.15, 0.2) is 18.3 Å². The van der Waals surface area contributed by atoms with Crippen LogP contribution in [-0.2, 0) is 6.61 Å². The summed E-state index contributed by atoms with van der Waals surface area (Å²) in [5.74, 6) is -11.7. The number of aromatic nitrogens is 1. The molecule has 0 saturated heterocycles. The zero-order valence-electron chi connectivity index (χ0n) is 10.7. The first-order valence-corrected chi connectivity index (χ1v) is 5.72. The number of benzene rings is 1. The first-order valence-electron chi connectivity index (χ1n) is 5.72. The lowest BCUT2D eigenvalue weighted by molar-refractivity contribution is 0.250. The zero-order chi connectivity index (χ0) is 15.6. The quantitative estimate of drug-likeness (QED) is 0.534. The van der Waals surface area contributed by atoms with Gasteiger partial charge in [0, 0.05) is 18.9 Å². The van der Waals surface area contributed by atoms with Gasteiger partial charge in [-0.2, -0.15) is 8.78 Å². The highest BCUT2D eigenvalue weighted by Crippen LogP contribution is 2.29. The normalized spacial score (nSPS) is 10.6. The summed E-state index contributed by atoms with van der Waals surface area (Å²) >= 11 is 0. The largest absolute Gasteiger partial charge is 0.481 e. The average Bonchev–Trinajstić information content (AvgIpc) is 2.51. The van der Waals surface area contributed by atoms with E-state index in [-0.39, 0.29) is 5.69 Å². The Labute approximate surface area is 116 Å². The summed E-state index contributed by atoms with van der Waals surface area (Å²) in [6, 6.07) is 3.13. The highest BCUT2D eigenvalue weighted by molar-refractivity contribution is 5.42. The van der Waals surface area contributed by atoms with E-state index < -0.39 is 41.4 Å². The third-order valence-corrected chi connectivity index (χ3v) is 2.64. The van der Waals surface area contributed by atoms with Crippen molar-refractivity contribution in [2.75, 3.05) is 12.4 Å². The fourth-order valence-electron chi connectivity index (χ4n) is 1.57. The number of nitrogens with one attached hydrogen (secondary N) is 1. The predicted molar refractivity (Wildman–Crippen MR) is 64.3 cm³/mol. The predicted octanol–water partition coefficient (Wildman–Crippen LogP) is 3.40. The maximum Gasteiger partial charge on any atom is 0.207 e. The van der Waals surface area contributed by atoms with Gasteiger partial charge in [-0.3, -0.25) is 4.98 Å². The molecule has 112 valence electrons. The van der Waals surface area contributed by atoms with Crippen molar-refractivity contribution in [1.82, 2.24) is 4.98 Å². The van der Waals surface area contributed by atoms with E-state index in [1.54, 1.807) is 13.1 Å². The zero-order valence-corrected chi connectivity index (χ0v) is 10.7. The van der Waals surface area contributed by atoms with Gasteiger partial charge < -0.3 is 10.1 Å². The number of rotatable bonds is 4. The van der Waals surface area contributed by atoms with E-state index in [0.29, 0.717) is 5.69 Å². The minimum absolute atomic E-state index is 0.255. The van der Waals surface area contributed by atoms with Crippen LogP contribution in [0.25, 0.3) is 0 Å². The van der Waals surface area contributed by atoms with E-state index in [0.717, 1.165) is 0 Å². The van der Waals surface area contributed by atoms with Gasteiger partial charge in [-0.05, 0) is 12.1 Å². The molecule has 3 nitrogen and oxygen atoms in total. The minimum atomic E-state index is -2.23. The molecule has 0 fully saturated rings. The first-order chi connectivity index (χ1) is 9.95. The molecule has 0 amide bonds. The SMILES string of the molecule is CNc1ccnc(COc2c(F)c(F)c(F)c(F)c2F)c1. The van der Waals surface area contributed by atoms with Crippen LogP contribution in [-0.4, -0.2) is 12.0 Å². The van der Waals surface area contributed by atoms with Gasteiger partial charge in [0.15, 0.2) is 5.75 Å². The van der Waals surface area contributed by atoms with Crippen LogP contribution in [0.2, 0.25) is 0 Å². The van der Waals surface area contributed by atoms with Gasteiger partial charge in [0.05, 0.1) is 5.69 Å². The van der Waals surface area contributed by atoms with Gasteiger partial charge in [-0.25, -0.2) is 13.2 Å². The fraction of sp³-hybridized carbons (Fsp3) is 0.154. The maximum atomic E-state index is 13.4. The molecule has 1 aromatic heterocycles. The Morgan fingerprint density at radius 1 is 1.00 bits per heavy atom. The van der Waals surface area contributed by atoms with Crippen molar-refractivity contribution in [3.05, 3.63) is 53.1 Å². The topological polar surface area (TPSA) is 34.2 Å². The molecule has 1 N–H and O–H groups in total. The molecule has 0 aliphatic rings. The number of hydrogen-bond acceptors (Lipinski definition) is 3. The third kappa shape index (κ3) is 2.88. The van der Waals surface area contributed by atoms with Crippen molar-refractivity contribution in [3.63, 3.8) is 0 Å². The fourth-order valence-corrected chi connectivity index (χ4v) is 1.57. The molecule has 0 aliphatic heterocycles.